The second-order valence-corrected chi connectivity index (χ2v) is 13.6. The number of phosphoric ester groups is 1. The fraction of sp³-hybridized carbons (Fsp3) is 0.289. The number of carbonyl (C=O) groups is 1. The maximum Gasteiger partial charge on any atom is 0.475 e. The van der Waals surface area contributed by atoms with Gasteiger partial charge in [-0.25, -0.2) is 9.36 Å². The molecule has 0 amide bonds. The van der Waals surface area contributed by atoms with Gasteiger partial charge in [-0.1, -0.05) is 84.9 Å². The van der Waals surface area contributed by atoms with Crippen LogP contribution in [0.3, 0.4) is 0 Å². The predicted octanol–water partition coefficient (Wildman–Crippen LogP) is 6.61. The summed E-state index contributed by atoms with van der Waals surface area (Å²) in [7, 11) is 3.39. The van der Waals surface area contributed by atoms with Gasteiger partial charge in [0.05, 0.1) is 19.8 Å². The molecule has 1 heterocycles. The third kappa shape index (κ3) is 9.97. The van der Waals surface area contributed by atoms with Crippen LogP contribution in [-0.2, 0) is 63.6 Å². The van der Waals surface area contributed by atoms with E-state index in [2.05, 4.69) is 0 Å². The number of ether oxygens (including phenoxy) is 3. The summed E-state index contributed by atoms with van der Waals surface area (Å²) in [4.78, 5) is 17.3. The highest BCUT2D eigenvalue weighted by Gasteiger charge is 2.46. The van der Waals surface area contributed by atoms with Crippen LogP contribution in [0.15, 0.2) is 121 Å². The van der Waals surface area contributed by atoms with Crippen LogP contribution in [0.1, 0.15) is 22.3 Å². The normalized spacial score (nSPS) is 15.1. The summed E-state index contributed by atoms with van der Waals surface area (Å²) in [5.74, 6) is -0.998. The fourth-order valence-corrected chi connectivity index (χ4v) is 6.30. The highest BCUT2D eigenvalue weighted by Crippen LogP contribution is 2.53. The number of benzene rings is 4. The Kier molecular flexibility index (Phi) is 12.7. The highest BCUT2D eigenvalue weighted by molar-refractivity contribution is 7.48. The lowest BCUT2D eigenvalue weighted by Crippen LogP contribution is -2.35. The smallest absolute Gasteiger partial charge is 0.475 e. The molecule has 2 unspecified atom stereocenters. The molecular formula is C38H43N2O9P. The van der Waals surface area contributed by atoms with Crippen molar-refractivity contribution >= 4 is 25.2 Å². The Hall–Kier alpha value is -4.64. The molecule has 4 aromatic carbocycles. The van der Waals surface area contributed by atoms with Gasteiger partial charge in [-0.15, -0.1) is 0 Å². The van der Waals surface area contributed by atoms with Crippen molar-refractivity contribution in [2.75, 3.05) is 44.6 Å². The molecule has 264 valence electrons. The lowest BCUT2D eigenvalue weighted by atomic mass is 10.1. The molecule has 0 saturated heterocycles. The second-order valence-electron chi connectivity index (χ2n) is 12.0. The molecule has 4 aromatic rings. The maximum atomic E-state index is 14.2. The minimum absolute atomic E-state index is 0.00619. The largest absolute Gasteiger partial charge is 0.485 e. The SMILES string of the molecule is CN(C)c1ccc(COC2=C(OCc3ccc(N(C)C)cc3)C(C(CO)OP(=O)(OCc3ccccc3)OCc3ccccc3)OC2=O)cc1. The van der Waals surface area contributed by atoms with Crippen molar-refractivity contribution < 1.29 is 42.2 Å². The number of anilines is 2. The van der Waals surface area contributed by atoms with E-state index in [1.54, 1.807) is 24.3 Å². The molecule has 0 aliphatic carbocycles. The van der Waals surface area contributed by atoms with E-state index >= 15 is 0 Å². The van der Waals surface area contributed by atoms with E-state index < -0.39 is 32.6 Å². The Bertz CT molecular complexity index is 1700. The van der Waals surface area contributed by atoms with Crippen molar-refractivity contribution in [3.8, 4) is 0 Å². The summed E-state index contributed by atoms with van der Waals surface area (Å²) in [6, 6.07) is 33.6. The average molecular weight is 703 g/mol. The second kappa shape index (κ2) is 17.3. The molecule has 0 aromatic heterocycles. The lowest BCUT2D eigenvalue weighted by molar-refractivity contribution is -0.148. The third-order valence-corrected chi connectivity index (χ3v) is 9.25. The Morgan fingerprint density at radius 3 is 1.54 bits per heavy atom. The molecule has 1 aliphatic rings. The van der Waals surface area contributed by atoms with Gasteiger partial charge >= 0.3 is 13.8 Å². The van der Waals surface area contributed by atoms with Gasteiger partial charge < -0.3 is 29.1 Å². The lowest BCUT2D eigenvalue weighted by Gasteiger charge is -2.27. The Morgan fingerprint density at radius 1 is 0.660 bits per heavy atom. The Morgan fingerprint density at radius 2 is 1.10 bits per heavy atom. The van der Waals surface area contributed by atoms with Gasteiger partial charge in [0, 0.05) is 39.6 Å². The van der Waals surface area contributed by atoms with E-state index in [-0.39, 0.29) is 37.9 Å². The predicted molar refractivity (Wildman–Crippen MR) is 190 cm³/mol. The molecular weight excluding hydrogens is 659 g/mol. The van der Waals surface area contributed by atoms with Gasteiger partial charge in [0.25, 0.3) is 0 Å². The number of aliphatic hydroxyl groups excluding tert-OH is 1. The number of aliphatic hydroxyl groups is 1. The summed E-state index contributed by atoms with van der Waals surface area (Å²) in [5, 5.41) is 10.6. The zero-order valence-electron chi connectivity index (χ0n) is 28.6. The van der Waals surface area contributed by atoms with E-state index in [0.29, 0.717) is 0 Å². The molecule has 12 heteroatoms. The summed E-state index contributed by atoms with van der Waals surface area (Å²) < 4.78 is 49.6. The number of esters is 1. The van der Waals surface area contributed by atoms with Crippen molar-refractivity contribution in [2.45, 2.75) is 38.6 Å². The van der Waals surface area contributed by atoms with Gasteiger partial charge in [-0.05, 0) is 46.5 Å². The van der Waals surface area contributed by atoms with Crippen LogP contribution in [0.2, 0.25) is 0 Å². The number of phosphoric acid groups is 1. The zero-order chi connectivity index (χ0) is 35.5. The number of cyclic esters (lactones) is 1. The van der Waals surface area contributed by atoms with E-state index in [4.69, 9.17) is 27.8 Å². The van der Waals surface area contributed by atoms with E-state index in [1.165, 1.54) is 0 Å². The van der Waals surface area contributed by atoms with Crippen molar-refractivity contribution in [1.82, 2.24) is 0 Å². The quantitative estimate of drug-likeness (QED) is 0.0893. The topological polar surface area (TPSA) is 116 Å². The Balaban J connectivity index is 1.40. The first-order valence-corrected chi connectivity index (χ1v) is 17.6. The summed E-state index contributed by atoms with van der Waals surface area (Å²) in [6.45, 7) is -0.823. The average Bonchev–Trinajstić information content (AvgIpc) is 3.45. The molecule has 0 spiro atoms. The number of hydrogen-bond donors (Lipinski definition) is 1. The monoisotopic (exact) mass is 702 g/mol. The van der Waals surface area contributed by atoms with Crippen LogP contribution in [0, 0.1) is 0 Å². The molecule has 0 bridgehead atoms. The van der Waals surface area contributed by atoms with Crippen LogP contribution in [0.25, 0.3) is 0 Å². The molecule has 1 N–H and O–H groups in total. The molecule has 0 saturated carbocycles. The van der Waals surface area contributed by atoms with Crippen LogP contribution in [0.4, 0.5) is 11.4 Å². The summed E-state index contributed by atoms with van der Waals surface area (Å²) in [5.41, 5.74) is 5.08. The number of carbonyl (C=O) groups excluding carboxylic acids is 1. The third-order valence-electron chi connectivity index (χ3n) is 7.83. The van der Waals surface area contributed by atoms with Crippen molar-refractivity contribution in [3.63, 3.8) is 0 Å². The van der Waals surface area contributed by atoms with Crippen molar-refractivity contribution in [1.29, 1.82) is 0 Å². The summed E-state index contributed by atoms with van der Waals surface area (Å²) >= 11 is 0. The van der Waals surface area contributed by atoms with Gasteiger partial charge in [0.15, 0.2) is 11.9 Å². The van der Waals surface area contributed by atoms with Crippen LogP contribution >= 0.6 is 7.82 Å². The van der Waals surface area contributed by atoms with E-state index in [9.17, 15) is 14.5 Å². The molecule has 0 fully saturated rings. The number of nitrogens with zero attached hydrogens (tertiary/aromatic N) is 2. The molecule has 1 aliphatic heterocycles. The van der Waals surface area contributed by atoms with Crippen LogP contribution in [-0.4, -0.2) is 58.1 Å². The van der Waals surface area contributed by atoms with E-state index in [1.807, 2.05) is 123 Å². The van der Waals surface area contributed by atoms with Gasteiger partial charge in [-0.3, -0.25) is 13.6 Å². The zero-order valence-corrected chi connectivity index (χ0v) is 29.5. The van der Waals surface area contributed by atoms with Gasteiger partial charge in [-0.2, -0.15) is 0 Å². The molecule has 0 radical (unpaired) electrons. The van der Waals surface area contributed by atoms with Crippen LogP contribution < -0.4 is 9.80 Å². The van der Waals surface area contributed by atoms with Crippen molar-refractivity contribution in [3.05, 3.63) is 143 Å². The standard InChI is InChI=1S/C38H43N2O9P/c1-39(2)32-19-15-30(16-20-32)24-44-36-35(48-38(42)37(36)45-25-31-17-21-33(22-18-31)40(3)4)34(23-41)49-50(43,46-26-28-11-7-5-8-12-28)47-27-29-13-9-6-10-14-29/h5-22,34-35,41H,23-27H2,1-4H3. The Labute approximate surface area is 293 Å². The van der Waals surface area contributed by atoms with Crippen LogP contribution in [0.5, 0.6) is 0 Å². The number of hydrogen-bond acceptors (Lipinski definition) is 11. The minimum Gasteiger partial charge on any atom is -0.485 e. The molecule has 2 atom stereocenters. The highest BCUT2D eigenvalue weighted by atomic mass is 31.2. The summed E-state index contributed by atoms with van der Waals surface area (Å²) in [6.07, 6.45) is -2.73. The van der Waals surface area contributed by atoms with Gasteiger partial charge in [0.2, 0.25) is 5.76 Å². The van der Waals surface area contributed by atoms with E-state index in [0.717, 1.165) is 33.6 Å². The molecule has 11 nitrogen and oxygen atoms in total. The maximum absolute atomic E-state index is 14.2. The minimum atomic E-state index is -4.39. The fourth-order valence-electron chi connectivity index (χ4n) is 4.98. The first kappa shape index (κ1) is 36.6. The molecule has 50 heavy (non-hydrogen) atoms. The first-order valence-electron chi connectivity index (χ1n) is 16.1. The first-order chi connectivity index (χ1) is 24.1. The number of rotatable bonds is 18. The van der Waals surface area contributed by atoms with Crippen molar-refractivity contribution in [2.24, 2.45) is 0 Å². The molecule has 5 rings (SSSR count). The van der Waals surface area contributed by atoms with Gasteiger partial charge in [0.1, 0.15) is 19.3 Å².